The lowest BCUT2D eigenvalue weighted by Crippen LogP contribution is -2.13. The van der Waals surface area contributed by atoms with Crippen molar-refractivity contribution in [2.24, 2.45) is 0 Å². The molecule has 3 aromatic carbocycles. The van der Waals surface area contributed by atoms with Gasteiger partial charge in [0.1, 0.15) is 18.1 Å². The van der Waals surface area contributed by atoms with Crippen LogP contribution in [0.3, 0.4) is 0 Å². The van der Waals surface area contributed by atoms with Gasteiger partial charge in [-0.2, -0.15) is 0 Å². The molecule has 156 valence electrons. The number of hydrogen-bond acceptors (Lipinski definition) is 3. The van der Waals surface area contributed by atoms with E-state index in [1.807, 2.05) is 32.9 Å². The van der Waals surface area contributed by atoms with E-state index >= 15 is 0 Å². The Labute approximate surface area is 186 Å². The summed E-state index contributed by atoms with van der Waals surface area (Å²) in [6, 6.07) is 16.4. The zero-order chi connectivity index (χ0) is 21.7. The van der Waals surface area contributed by atoms with E-state index in [-0.39, 0.29) is 12.5 Å². The maximum Gasteiger partial charge on any atom is 0.255 e. The van der Waals surface area contributed by atoms with Crippen molar-refractivity contribution in [1.82, 2.24) is 0 Å². The smallest absolute Gasteiger partial charge is 0.255 e. The standard InChI is InChI=1S/C24H23Cl2NO3/c1-4-29-22-9-8-17(24(28)27-21-7-5-6-20(25)23(21)26)13-18(22)14-30-19-11-15(2)10-16(3)12-19/h5-13H,4,14H2,1-3H3,(H,27,28). The quantitative estimate of drug-likeness (QED) is 0.434. The Bertz CT molecular complexity index is 1050. The number of anilines is 1. The minimum atomic E-state index is -0.296. The molecule has 0 spiro atoms. The van der Waals surface area contributed by atoms with Gasteiger partial charge in [0.25, 0.3) is 5.91 Å². The molecule has 3 rings (SSSR count). The largest absolute Gasteiger partial charge is 0.493 e. The second kappa shape index (κ2) is 9.88. The first-order chi connectivity index (χ1) is 14.4. The van der Waals surface area contributed by atoms with Gasteiger partial charge in [-0.05, 0) is 74.4 Å². The number of carbonyl (C=O) groups is 1. The summed E-state index contributed by atoms with van der Waals surface area (Å²) in [6.07, 6.45) is 0. The van der Waals surface area contributed by atoms with Crippen LogP contribution >= 0.6 is 23.2 Å². The molecule has 0 aliphatic carbocycles. The molecule has 0 aliphatic heterocycles. The zero-order valence-corrected chi connectivity index (χ0v) is 18.6. The lowest BCUT2D eigenvalue weighted by Gasteiger charge is -2.14. The van der Waals surface area contributed by atoms with Crippen LogP contribution in [0.25, 0.3) is 0 Å². The SMILES string of the molecule is CCOc1ccc(C(=O)Nc2cccc(Cl)c2Cl)cc1COc1cc(C)cc(C)c1. The Morgan fingerprint density at radius 2 is 1.70 bits per heavy atom. The van der Waals surface area contributed by atoms with Crippen LogP contribution in [0.4, 0.5) is 5.69 Å². The summed E-state index contributed by atoms with van der Waals surface area (Å²) < 4.78 is 11.7. The van der Waals surface area contributed by atoms with Crippen molar-refractivity contribution in [3.8, 4) is 11.5 Å². The summed E-state index contributed by atoms with van der Waals surface area (Å²) >= 11 is 12.2. The molecule has 0 saturated carbocycles. The molecule has 1 N–H and O–H groups in total. The highest BCUT2D eigenvalue weighted by Gasteiger charge is 2.14. The van der Waals surface area contributed by atoms with E-state index in [1.165, 1.54) is 0 Å². The van der Waals surface area contributed by atoms with Gasteiger partial charge in [0, 0.05) is 11.1 Å². The van der Waals surface area contributed by atoms with Crippen LogP contribution in [-0.2, 0) is 6.61 Å². The molecular weight excluding hydrogens is 421 g/mol. The highest BCUT2D eigenvalue weighted by Crippen LogP contribution is 2.30. The fraction of sp³-hybridized carbons (Fsp3) is 0.208. The van der Waals surface area contributed by atoms with Crippen LogP contribution in [-0.4, -0.2) is 12.5 Å². The first kappa shape index (κ1) is 22.0. The highest BCUT2D eigenvalue weighted by molar-refractivity contribution is 6.44. The van der Waals surface area contributed by atoms with E-state index in [2.05, 4.69) is 11.4 Å². The van der Waals surface area contributed by atoms with Gasteiger partial charge in [-0.25, -0.2) is 0 Å². The lowest BCUT2D eigenvalue weighted by atomic mass is 10.1. The average Bonchev–Trinajstić information content (AvgIpc) is 2.70. The van der Waals surface area contributed by atoms with E-state index in [0.717, 1.165) is 22.4 Å². The average molecular weight is 444 g/mol. The molecule has 3 aromatic rings. The van der Waals surface area contributed by atoms with Crippen molar-refractivity contribution in [2.75, 3.05) is 11.9 Å². The van der Waals surface area contributed by atoms with Crippen molar-refractivity contribution >= 4 is 34.8 Å². The van der Waals surface area contributed by atoms with Gasteiger partial charge in [0.05, 0.1) is 22.3 Å². The van der Waals surface area contributed by atoms with Gasteiger partial charge < -0.3 is 14.8 Å². The second-order valence-electron chi connectivity index (χ2n) is 6.92. The summed E-state index contributed by atoms with van der Waals surface area (Å²) in [5, 5.41) is 3.48. The van der Waals surface area contributed by atoms with E-state index in [4.69, 9.17) is 32.7 Å². The van der Waals surface area contributed by atoms with Crippen molar-refractivity contribution in [3.05, 3.63) is 86.9 Å². The maximum absolute atomic E-state index is 12.8. The number of nitrogens with one attached hydrogen (secondary N) is 1. The van der Waals surface area contributed by atoms with Gasteiger partial charge in [-0.1, -0.05) is 35.3 Å². The monoisotopic (exact) mass is 443 g/mol. The summed E-state index contributed by atoms with van der Waals surface area (Å²) in [7, 11) is 0. The minimum absolute atomic E-state index is 0.275. The van der Waals surface area contributed by atoms with Crippen LogP contribution < -0.4 is 14.8 Å². The number of benzene rings is 3. The van der Waals surface area contributed by atoms with Crippen LogP contribution in [0.1, 0.15) is 34.0 Å². The van der Waals surface area contributed by atoms with Crippen molar-refractivity contribution < 1.29 is 14.3 Å². The number of halogens is 2. The van der Waals surface area contributed by atoms with Crippen molar-refractivity contribution in [2.45, 2.75) is 27.4 Å². The van der Waals surface area contributed by atoms with E-state index in [9.17, 15) is 4.79 Å². The van der Waals surface area contributed by atoms with Crippen molar-refractivity contribution in [1.29, 1.82) is 0 Å². The molecule has 0 aromatic heterocycles. The van der Waals surface area contributed by atoms with Crippen LogP contribution in [0.15, 0.2) is 54.6 Å². The highest BCUT2D eigenvalue weighted by atomic mass is 35.5. The molecule has 0 bridgehead atoms. The second-order valence-corrected chi connectivity index (χ2v) is 7.71. The third-order valence-corrected chi connectivity index (χ3v) is 5.23. The van der Waals surface area contributed by atoms with E-state index in [1.54, 1.807) is 36.4 Å². The number of carbonyl (C=O) groups excluding carboxylic acids is 1. The molecule has 0 heterocycles. The fourth-order valence-corrected chi connectivity index (χ4v) is 3.45. The fourth-order valence-electron chi connectivity index (χ4n) is 3.10. The number of amides is 1. The van der Waals surface area contributed by atoms with Crippen LogP contribution in [0, 0.1) is 13.8 Å². The molecule has 0 radical (unpaired) electrons. The van der Waals surface area contributed by atoms with Crippen molar-refractivity contribution in [3.63, 3.8) is 0 Å². The molecule has 0 atom stereocenters. The number of ether oxygens (including phenoxy) is 2. The topological polar surface area (TPSA) is 47.6 Å². The first-order valence-corrected chi connectivity index (χ1v) is 10.3. The first-order valence-electron chi connectivity index (χ1n) is 9.59. The molecule has 4 nitrogen and oxygen atoms in total. The lowest BCUT2D eigenvalue weighted by molar-refractivity contribution is 0.102. The number of aryl methyl sites for hydroxylation is 2. The summed E-state index contributed by atoms with van der Waals surface area (Å²) in [5.74, 6) is 1.16. The Hall–Kier alpha value is -2.69. The molecule has 0 saturated heterocycles. The Kier molecular flexibility index (Phi) is 7.24. The summed E-state index contributed by atoms with van der Waals surface area (Å²) in [4.78, 5) is 12.8. The number of hydrogen-bond donors (Lipinski definition) is 1. The Morgan fingerprint density at radius 3 is 2.40 bits per heavy atom. The van der Waals surface area contributed by atoms with Gasteiger partial charge in [0.2, 0.25) is 0 Å². The molecule has 6 heteroatoms. The molecular formula is C24H23Cl2NO3. The molecule has 30 heavy (non-hydrogen) atoms. The van der Waals surface area contributed by atoms with Gasteiger partial charge in [-0.3, -0.25) is 4.79 Å². The zero-order valence-electron chi connectivity index (χ0n) is 17.1. The van der Waals surface area contributed by atoms with Gasteiger partial charge in [-0.15, -0.1) is 0 Å². The predicted molar refractivity (Wildman–Crippen MR) is 122 cm³/mol. The molecule has 1 amide bonds. The third kappa shape index (κ3) is 5.47. The Balaban J connectivity index is 1.82. The molecule has 0 fully saturated rings. The van der Waals surface area contributed by atoms with Gasteiger partial charge in [0.15, 0.2) is 0 Å². The molecule has 0 aliphatic rings. The maximum atomic E-state index is 12.8. The third-order valence-electron chi connectivity index (χ3n) is 4.41. The predicted octanol–water partition coefficient (Wildman–Crippen LogP) is 6.84. The number of rotatable bonds is 7. The summed E-state index contributed by atoms with van der Waals surface area (Å²) in [5.41, 5.74) is 3.95. The molecule has 0 unspecified atom stereocenters. The Morgan fingerprint density at radius 1 is 0.967 bits per heavy atom. The van der Waals surface area contributed by atoms with Crippen LogP contribution in [0.5, 0.6) is 11.5 Å². The normalized spacial score (nSPS) is 10.6. The van der Waals surface area contributed by atoms with Crippen LogP contribution in [0.2, 0.25) is 10.0 Å². The van der Waals surface area contributed by atoms with E-state index in [0.29, 0.717) is 33.7 Å². The summed E-state index contributed by atoms with van der Waals surface area (Å²) in [6.45, 7) is 6.75. The van der Waals surface area contributed by atoms with Gasteiger partial charge >= 0.3 is 0 Å². The van der Waals surface area contributed by atoms with E-state index < -0.39 is 0 Å². The minimum Gasteiger partial charge on any atom is -0.493 e.